The Morgan fingerprint density at radius 2 is 1.69 bits per heavy atom. The molecule has 0 saturated carbocycles. The number of benzene rings is 3. The fraction of sp³-hybridized carbons (Fsp3) is 0.136. The van der Waals surface area contributed by atoms with Gasteiger partial charge in [-0.2, -0.15) is 0 Å². The maximum absolute atomic E-state index is 13.2. The van der Waals surface area contributed by atoms with Gasteiger partial charge in [-0.25, -0.2) is 8.42 Å². The average molecular weight is 492 g/mol. The summed E-state index contributed by atoms with van der Waals surface area (Å²) >= 11 is 11.3. The van der Waals surface area contributed by atoms with Crippen molar-refractivity contribution in [2.45, 2.75) is 11.8 Å². The third-order valence-corrected chi connectivity index (χ3v) is 6.09. The lowest BCUT2D eigenvalue weighted by molar-refractivity contribution is 0.340. The van der Waals surface area contributed by atoms with Crippen LogP contribution in [0.15, 0.2) is 71.6 Å². The van der Waals surface area contributed by atoms with Crippen molar-refractivity contribution in [1.82, 2.24) is 0 Å². The minimum Gasteiger partial charge on any atom is -0.497 e. The lowest BCUT2D eigenvalue weighted by Gasteiger charge is -2.16. The molecule has 0 aliphatic rings. The number of ether oxygens (including phenoxy) is 2. The number of rotatable bonds is 8. The Hall–Kier alpha value is -3.01. The van der Waals surface area contributed by atoms with E-state index in [1.165, 1.54) is 13.2 Å². The normalized spacial score (nSPS) is 10.8. The topological polar surface area (TPSA) is 88.7 Å². The van der Waals surface area contributed by atoms with Crippen molar-refractivity contribution in [3.8, 4) is 11.5 Å². The van der Waals surface area contributed by atoms with E-state index < -0.39 is 10.0 Å². The second-order valence-corrected chi connectivity index (χ2v) is 9.01. The number of anilines is 3. The van der Waals surface area contributed by atoms with Crippen LogP contribution in [0, 0.1) is 0 Å². The Balaban J connectivity index is 1.84. The molecule has 3 N–H and O–H groups in total. The molecule has 0 atom stereocenters. The molecule has 0 aromatic heterocycles. The zero-order valence-electron chi connectivity index (χ0n) is 17.4. The SMILES string of the molecule is CCOc1ccc(NS(=O)(=O)c2cc(OC)ccc2NC(=S)Nc2cccc(Cl)c2)cc1. The summed E-state index contributed by atoms with van der Waals surface area (Å²) in [7, 11) is -2.51. The molecular weight excluding hydrogens is 470 g/mol. The van der Waals surface area contributed by atoms with Crippen molar-refractivity contribution < 1.29 is 17.9 Å². The summed E-state index contributed by atoms with van der Waals surface area (Å²) in [4.78, 5) is -0.0269. The van der Waals surface area contributed by atoms with Crippen LogP contribution in [0.25, 0.3) is 0 Å². The van der Waals surface area contributed by atoms with E-state index in [4.69, 9.17) is 33.3 Å². The van der Waals surface area contributed by atoms with Crippen LogP contribution in [0.5, 0.6) is 11.5 Å². The Bertz CT molecular complexity index is 1200. The third kappa shape index (κ3) is 6.25. The first-order chi connectivity index (χ1) is 15.3. The largest absolute Gasteiger partial charge is 0.497 e. The van der Waals surface area contributed by atoms with Gasteiger partial charge >= 0.3 is 0 Å². The molecule has 32 heavy (non-hydrogen) atoms. The van der Waals surface area contributed by atoms with Gasteiger partial charge in [-0.05, 0) is 73.7 Å². The number of methoxy groups -OCH3 is 1. The monoisotopic (exact) mass is 491 g/mol. The zero-order chi connectivity index (χ0) is 23.1. The summed E-state index contributed by atoms with van der Waals surface area (Å²) in [5.41, 5.74) is 1.34. The first-order valence-corrected chi connectivity index (χ1v) is 11.8. The molecule has 0 heterocycles. The molecule has 0 amide bonds. The molecule has 3 aromatic carbocycles. The fourth-order valence-corrected chi connectivity index (χ4v) is 4.46. The van der Waals surface area contributed by atoms with E-state index >= 15 is 0 Å². The standard InChI is InChI=1S/C22H22ClN3O4S2/c1-3-30-18-9-7-16(8-10-18)26-32(27,28)21-14-19(29-2)11-12-20(21)25-22(31)24-17-6-4-5-15(23)13-17/h4-14,26H,3H2,1-2H3,(H2,24,25,31). The predicted molar refractivity (Wildman–Crippen MR) is 133 cm³/mol. The molecule has 10 heteroatoms. The third-order valence-electron chi connectivity index (χ3n) is 4.23. The predicted octanol–water partition coefficient (Wildman–Crippen LogP) is 5.36. The van der Waals surface area contributed by atoms with Gasteiger partial charge in [-0.15, -0.1) is 0 Å². The number of nitrogens with one attached hydrogen (secondary N) is 3. The quantitative estimate of drug-likeness (QED) is 0.366. The minimum atomic E-state index is -3.97. The molecule has 0 aliphatic heterocycles. The Labute approximate surface area is 197 Å². The van der Waals surface area contributed by atoms with Gasteiger partial charge in [0.05, 0.1) is 19.4 Å². The molecular formula is C22H22ClN3O4S2. The summed E-state index contributed by atoms with van der Waals surface area (Å²) in [6.07, 6.45) is 0. The number of halogens is 1. The van der Waals surface area contributed by atoms with Crippen LogP contribution in [0.3, 0.4) is 0 Å². The van der Waals surface area contributed by atoms with Gasteiger partial charge in [0.15, 0.2) is 5.11 Å². The molecule has 7 nitrogen and oxygen atoms in total. The summed E-state index contributed by atoms with van der Waals surface area (Å²) in [6, 6.07) is 18.3. The van der Waals surface area contributed by atoms with E-state index in [1.54, 1.807) is 60.7 Å². The van der Waals surface area contributed by atoms with E-state index in [-0.39, 0.29) is 15.7 Å². The van der Waals surface area contributed by atoms with Crippen LogP contribution in [-0.2, 0) is 10.0 Å². The number of sulfonamides is 1. The zero-order valence-corrected chi connectivity index (χ0v) is 19.8. The second kappa shape index (κ2) is 10.5. The van der Waals surface area contributed by atoms with Gasteiger partial charge in [0, 0.05) is 22.5 Å². The number of hydrogen-bond donors (Lipinski definition) is 3. The summed E-state index contributed by atoms with van der Waals surface area (Å²) in [6.45, 7) is 2.40. The molecule has 0 bridgehead atoms. The summed E-state index contributed by atoms with van der Waals surface area (Å²) < 4.78 is 39.5. The summed E-state index contributed by atoms with van der Waals surface area (Å²) in [5.74, 6) is 1.04. The Morgan fingerprint density at radius 1 is 0.969 bits per heavy atom. The van der Waals surface area contributed by atoms with E-state index in [0.717, 1.165) is 0 Å². The number of hydrogen-bond acceptors (Lipinski definition) is 5. The number of thiocarbonyl (C=S) groups is 1. The highest BCUT2D eigenvalue weighted by Crippen LogP contribution is 2.29. The van der Waals surface area contributed by atoms with Crippen molar-refractivity contribution in [3.05, 3.63) is 71.8 Å². The van der Waals surface area contributed by atoms with Crippen molar-refractivity contribution in [2.24, 2.45) is 0 Å². The molecule has 0 aliphatic carbocycles. The highest BCUT2D eigenvalue weighted by molar-refractivity contribution is 7.93. The van der Waals surface area contributed by atoms with Gasteiger partial charge in [0.1, 0.15) is 16.4 Å². The Morgan fingerprint density at radius 3 is 2.34 bits per heavy atom. The van der Waals surface area contributed by atoms with E-state index in [1.807, 2.05) is 6.92 Å². The van der Waals surface area contributed by atoms with E-state index in [0.29, 0.717) is 34.5 Å². The highest BCUT2D eigenvalue weighted by atomic mass is 35.5. The van der Waals surface area contributed by atoms with Gasteiger partial charge < -0.3 is 20.1 Å². The van der Waals surface area contributed by atoms with Crippen LogP contribution < -0.4 is 24.8 Å². The smallest absolute Gasteiger partial charge is 0.264 e. The van der Waals surface area contributed by atoms with E-state index in [2.05, 4.69) is 15.4 Å². The highest BCUT2D eigenvalue weighted by Gasteiger charge is 2.21. The van der Waals surface area contributed by atoms with Gasteiger partial charge in [-0.1, -0.05) is 17.7 Å². The second-order valence-electron chi connectivity index (χ2n) is 6.51. The van der Waals surface area contributed by atoms with Crippen LogP contribution in [0.1, 0.15) is 6.92 Å². The van der Waals surface area contributed by atoms with Crippen molar-refractivity contribution in [2.75, 3.05) is 29.1 Å². The van der Waals surface area contributed by atoms with Crippen molar-refractivity contribution in [3.63, 3.8) is 0 Å². The van der Waals surface area contributed by atoms with Crippen LogP contribution in [-0.4, -0.2) is 27.2 Å². The maximum Gasteiger partial charge on any atom is 0.264 e. The summed E-state index contributed by atoms with van der Waals surface area (Å²) in [5, 5.41) is 6.66. The molecule has 0 spiro atoms. The molecule has 168 valence electrons. The molecule has 0 fully saturated rings. The first kappa shape index (κ1) is 23.6. The molecule has 0 unspecified atom stereocenters. The molecule has 0 radical (unpaired) electrons. The average Bonchev–Trinajstić information content (AvgIpc) is 2.75. The van der Waals surface area contributed by atoms with Gasteiger partial charge in [0.25, 0.3) is 10.0 Å². The lowest BCUT2D eigenvalue weighted by atomic mass is 10.3. The lowest BCUT2D eigenvalue weighted by Crippen LogP contribution is -2.22. The van der Waals surface area contributed by atoms with Crippen molar-refractivity contribution in [1.29, 1.82) is 0 Å². The van der Waals surface area contributed by atoms with Gasteiger partial charge in [-0.3, -0.25) is 4.72 Å². The minimum absolute atomic E-state index is 0.0269. The van der Waals surface area contributed by atoms with Crippen molar-refractivity contribution >= 4 is 56.0 Å². The van der Waals surface area contributed by atoms with E-state index in [9.17, 15) is 8.42 Å². The Kier molecular flexibility index (Phi) is 7.79. The molecule has 3 aromatic rings. The maximum atomic E-state index is 13.2. The van der Waals surface area contributed by atoms with Gasteiger partial charge in [0.2, 0.25) is 0 Å². The van der Waals surface area contributed by atoms with Crippen LogP contribution >= 0.6 is 23.8 Å². The molecule has 3 rings (SSSR count). The fourth-order valence-electron chi connectivity index (χ4n) is 2.80. The van der Waals surface area contributed by atoms with Crippen LogP contribution in [0.2, 0.25) is 5.02 Å². The van der Waals surface area contributed by atoms with Crippen LogP contribution in [0.4, 0.5) is 17.1 Å². The first-order valence-electron chi connectivity index (χ1n) is 9.58. The molecule has 0 saturated heterocycles.